The lowest BCUT2D eigenvalue weighted by Gasteiger charge is -2.35. The largest absolute Gasteiger partial charge is 0.444 e. The van der Waals surface area contributed by atoms with Gasteiger partial charge in [0.15, 0.2) is 0 Å². The van der Waals surface area contributed by atoms with Crippen LogP contribution in [0.15, 0.2) is 0 Å². The Bertz CT molecular complexity index is 525. The van der Waals surface area contributed by atoms with Crippen molar-refractivity contribution in [3.8, 4) is 0 Å². The molecule has 10 nitrogen and oxygen atoms in total. The molecule has 0 aromatic rings. The maximum absolute atomic E-state index is 11.7. The van der Waals surface area contributed by atoms with E-state index in [1.807, 2.05) is 41.5 Å². The van der Waals surface area contributed by atoms with Crippen molar-refractivity contribution in [2.45, 2.75) is 89.8 Å². The number of piperidine rings is 2. The standard InChI is InChI=1S/2C10H21N3O2/c2*1-10(2,3)15-9(14)13-5-4-7(11)8(12)6-13/h2*7-8H,4-6,11-12H2,1-3H3/t2*7-,8+/m10/s1. The van der Waals surface area contributed by atoms with Crippen LogP contribution in [0.25, 0.3) is 0 Å². The predicted molar refractivity (Wildman–Crippen MR) is 117 cm³/mol. The quantitative estimate of drug-likeness (QED) is 0.433. The monoisotopic (exact) mass is 430 g/mol. The Morgan fingerprint density at radius 3 is 1.20 bits per heavy atom. The van der Waals surface area contributed by atoms with Gasteiger partial charge in [-0.1, -0.05) is 0 Å². The first-order valence-electron chi connectivity index (χ1n) is 10.6. The number of hydrogen-bond donors (Lipinski definition) is 4. The van der Waals surface area contributed by atoms with Crippen molar-refractivity contribution in [1.82, 2.24) is 9.80 Å². The molecule has 2 amide bonds. The van der Waals surface area contributed by atoms with Gasteiger partial charge in [-0.05, 0) is 54.4 Å². The number of amides is 2. The smallest absolute Gasteiger partial charge is 0.410 e. The summed E-state index contributed by atoms with van der Waals surface area (Å²) >= 11 is 0. The highest BCUT2D eigenvalue weighted by atomic mass is 16.6. The molecule has 8 N–H and O–H groups in total. The third-order valence-electron chi connectivity index (χ3n) is 4.73. The van der Waals surface area contributed by atoms with Gasteiger partial charge in [-0.3, -0.25) is 0 Å². The molecule has 2 aliphatic heterocycles. The molecule has 10 heteroatoms. The molecule has 2 rings (SSSR count). The van der Waals surface area contributed by atoms with Crippen LogP contribution >= 0.6 is 0 Å². The maximum atomic E-state index is 11.7. The summed E-state index contributed by atoms with van der Waals surface area (Å²) in [5.74, 6) is 0. The lowest BCUT2D eigenvalue weighted by Crippen LogP contribution is -2.56. The summed E-state index contributed by atoms with van der Waals surface area (Å²) in [4.78, 5) is 26.6. The van der Waals surface area contributed by atoms with Gasteiger partial charge in [0.05, 0.1) is 0 Å². The van der Waals surface area contributed by atoms with Crippen molar-refractivity contribution in [2.75, 3.05) is 26.2 Å². The molecular weight excluding hydrogens is 388 g/mol. The van der Waals surface area contributed by atoms with Crippen molar-refractivity contribution in [1.29, 1.82) is 0 Å². The number of rotatable bonds is 0. The van der Waals surface area contributed by atoms with Crippen LogP contribution in [0.1, 0.15) is 54.4 Å². The van der Waals surface area contributed by atoms with Crippen molar-refractivity contribution in [3.05, 3.63) is 0 Å². The average molecular weight is 431 g/mol. The highest BCUT2D eigenvalue weighted by Gasteiger charge is 2.30. The molecule has 0 radical (unpaired) electrons. The molecule has 0 bridgehead atoms. The number of hydrogen-bond acceptors (Lipinski definition) is 8. The molecule has 0 unspecified atom stereocenters. The minimum Gasteiger partial charge on any atom is -0.444 e. The molecule has 176 valence electrons. The van der Waals surface area contributed by atoms with Crippen LogP contribution < -0.4 is 22.9 Å². The van der Waals surface area contributed by atoms with Gasteiger partial charge < -0.3 is 42.2 Å². The van der Waals surface area contributed by atoms with Crippen LogP contribution in [-0.4, -0.2) is 83.5 Å². The molecule has 0 aromatic carbocycles. The maximum Gasteiger partial charge on any atom is 0.410 e. The molecule has 0 saturated carbocycles. The van der Waals surface area contributed by atoms with Crippen molar-refractivity contribution in [2.24, 2.45) is 22.9 Å². The van der Waals surface area contributed by atoms with E-state index in [0.717, 1.165) is 12.8 Å². The highest BCUT2D eigenvalue weighted by Crippen LogP contribution is 2.15. The Labute approximate surface area is 180 Å². The number of ether oxygens (including phenoxy) is 2. The number of carbonyl (C=O) groups is 2. The van der Waals surface area contributed by atoms with Gasteiger partial charge in [-0.15, -0.1) is 0 Å². The average Bonchev–Trinajstić information content (AvgIpc) is 2.57. The summed E-state index contributed by atoms with van der Waals surface area (Å²) in [6, 6.07) is -0.315. The lowest BCUT2D eigenvalue weighted by atomic mass is 10.0. The third kappa shape index (κ3) is 9.46. The molecule has 0 aliphatic carbocycles. The molecule has 2 fully saturated rings. The summed E-state index contributed by atoms with van der Waals surface area (Å²) in [6.45, 7) is 13.3. The Balaban J connectivity index is 0.000000300. The molecule has 0 aromatic heterocycles. The van der Waals surface area contributed by atoms with E-state index in [-0.39, 0.29) is 36.4 Å². The van der Waals surface area contributed by atoms with E-state index in [1.165, 1.54) is 0 Å². The van der Waals surface area contributed by atoms with Crippen molar-refractivity contribution < 1.29 is 19.1 Å². The fourth-order valence-electron chi connectivity index (χ4n) is 2.98. The second-order valence-electron chi connectivity index (χ2n) is 10.1. The molecule has 2 saturated heterocycles. The molecule has 0 spiro atoms. The van der Waals surface area contributed by atoms with Crippen LogP contribution in [0.4, 0.5) is 9.59 Å². The van der Waals surface area contributed by atoms with E-state index in [2.05, 4.69) is 0 Å². The number of likely N-dealkylation sites (tertiary alicyclic amines) is 2. The minimum absolute atomic E-state index is 0.0105. The summed E-state index contributed by atoms with van der Waals surface area (Å²) in [5.41, 5.74) is 22.2. The number of nitrogens with zero attached hydrogens (tertiary/aromatic N) is 2. The third-order valence-corrected chi connectivity index (χ3v) is 4.73. The van der Waals surface area contributed by atoms with Gasteiger partial charge in [0.2, 0.25) is 0 Å². The molecule has 2 heterocycles. The first kappa shape index (κ1) is 26.4. The molecule has 4 atom stereocenters. The van der Waals surface area contributed by atoms with Gasteiger partial charge in [0, 0.05) is 50.3 Å². The molecule has 2 aliphatic rings. The van der Waals surface area contributed by atoms with E-state index in [9.17, 15) is 9.59 Å². The summed E-state index contributed by atoms with van der Waals surface area (Å²) in [6.07, 6.45) is 0.871. The van der Waals surface area contributed by atoms with Crippen LogP contribution in [0.2, 0.25) is 0 Å². The van der Waals surface area contributed by atoms with E-state index < -0.39 is 11.2 Å². The predicted octanol–water partition coefficient (Wildman–Crippen LogP) is 0.564. The minimum atomic E-state index is -0.458. The highest BCUT2D eigenvalue weighted by molar-refractivity contribution is 5.68. The lowest BCUT2D eigenvalue weighted by molar-refractivity contribution is 0.0179. The van der Waals surface area contributed by atoms with Crippen LogP contribution in [0, 0.1) is 0 Å². The first-order chi connectivity index (χ1) is 13.6. The van der Waals surface area contributed by atoms with E-state index in [4.69, 9.17) is 32.4 Å². The number of nitrogens with two attached hydrogens (primary N) is 4. The first-order valence-corrected chi connectivity index (χ1v) is 10.6. The van der Waals surface area contributed by atoms with Gasteiger partial charge in [0.1, 0.15) is 11.2 Å². The fourth-order valence-corrected chi connectivity index (χ4v) is 2.98. The van der Waals surface area contributed by atoms with E-state index in [0.29, 0.717) is 26.2 Å². The Morgan fingerprint density at radius 1 is 0.667 bits per heavy atom. The van der Waals surface area contributed by atoms with Crippen LogP contribution in [0.3, 0.4) is 0 Å². The van der Waals surface area contributed by atoms with Crippen LogP contribution in [-0.2, 0) is 9.47 Å². The van der Waals surface area contributed by atoms with Gasteiger partial charge in [-0.2, -0.15) is 0 Å². The number of carbonyl (C=O) groups excluding carboxylic acids is 2. The Morgan fingerprint density at radius 2 is 0.967 bits per heavy atom. The normalized spacial score (nSPS) is 27.7. The second-order valence-corrected chi connectivity index (χ2v) is 10.1. The zero-order valence-electron chi connectivity index (χ0n) is 19.4. The topological polar surface area (TPSA) is 163 Å². The van der Waals surface area contributed by atoms with Crippen molar-refractivity contribution in [3.63, 3.8) is 0 Å². The SMILES string of the molecule is CC(C)(C)OC(=O)N1CC[C@@H](N)[C@@H](N)C1.CC(C)(C)OC(=O)N1CC[C@H](N)[C@H](N)C1. The molecule has 30 heavy (non-hydrogen) atoms. The zero-order chi connectivity index (χ0) is 23.3. The second kappa shape index (κ2) is 10.6. The fraction of sp³-hybridized carbons (Fsp3) is 0.900. The van der Waals surface area contributed by atoms with Crippen molar-refractivity contribution >= 4 is 12.2 Å². The Hall–Kier alpha value is -1.62. The van der Waals surface area contributed by atoms with E-state index >= 15 is 0 Å². The van der Waals surface area contributed by atoms with Gasteiger partial charge in [-0.25, -0.2) is 9.59 Å². The summed E-state index contributed by atoms with van der Waals surface area (Å²) in [7, 11) is 0. The zero-order valence-corrected chi connectivity index (χ0v) is 19.4. The Kier molecular flexibility index (Phi) is 9.34. The molecular formula is C20H42N6O4. The van der Waals surface area contributed by atoms with E-state index in [1.54, 1.807) is 9.80 Å². The van der Waals surface area contributed by atoms with Crippen LogP contribution in [0.5, 0.6) is 0 Å². The summed E-state index contributed by atoms with van der Waals surface area (Å²) in [5, 5.41) is 0. The summed E-state index contributed by atoms with van der Waals surface area (Å²) < 4.78 is 10.5. The van der Waals surface area contributed by atoms with Gasteiger partial charge >= 0.3 is 12.2 Å². The van der Waals surface area contributed by atoms with Gasteiger partial charge in [0.25, 0.3) is 0 Å².